The van der Waals surface area contributed by atoms with Crippen molar-refractivity contribution in [3.05, 3.63) is 88.5 Å². The smallest absolute Gasteiger partial charge is 0.322 e. The van der Waals surface area contributed by atoms with Gasteiger partial charge in [-0.05, 0) is 73.2 Å². The maximum Gasteiger partial charge on any atom is 0.322 e. The SMILES string of the molecule is Cc1cc(C(=O)N2CCCCc3ccccc32)ccc1CNC(=O)N1CC(=O)N(CCO)c2ccc(F)c(F)c21. The molecule has 2 aliphatic heterocycles. The first kappa shape index (κ1) is 27.3. The molecule has 0 radical (unpaired) electrons. The minimum absolute atomic E-state index is 0.00785. The van der Waals surface area contributed by atoms with Crippen molar-refractivity contribution in [1.82, 2.24) is 5.32 Å². The van der Waals surface area contributed by atoms with Crippen molar-refractivity contribution >= 4 is 34.9 Å². The van der Waals surface area contributed by atoms with Crippen LogP contribution >= 0.6 is 0 Å². The number of aliphatic hydroxyl groups excluding tert-OH is 1. The van der Waals surface area contributed by atoms with E-state index in [0.717, 1.165) is 57.5 Å². The highest BCUT2D eigenvalue weighted by Gasteiger charge is 2.36. The lowest BCUT2D eigenvalue weighted by Gasteiger charge is -2.36. The predicted octanol–water partition coefficient (Wildman–Crippen LogP) is 4.31. The Hall–Kier alpha value is -4.31. The number of amides is 4. The number of carbonyl (C=O) groups excluding carboxylic acids is 3. The third kappa shape index (κ3) is 5.14. The molecule has 0 spiro atoms. The predicted molar refractivity (Wildman–Crippen MR) is 148 cm³/mol. The van der Waals surface area contributed by atoms with Crippen molar-refractivity contribution in [2.45, 2.75) is 32.7 Å². The van der Waals surface area contributed by atoms with Crippen LogP contribution in [0.2, 0.25) is 0 Å². The summed E-state index contributed by atoms with van der Waals surface area (Å²) in [5.41, 5.74) is 3.76. The highest BCUT2D eigenvalue weighted by molar-refractivity contribution is 6.11. The summed E-state index contributed by atoms with van der Waals surface area (Å²) in [4.78, 5) is 43.0. The molecule has 2 N–H and O–H groups in total. The molecule has 0 aromatic heterocycles. The molecule has 8 nitrogen and oxygen atoms in total. The van der Waals surface area contributed by atoms with Gasteiger partial charge in [-0.3, -0.25) is 14.5 Å². The van der Waals surface area contributed by atoms with E-state index in [1.807, 2.05) is 30.0 Å². The van der Waals surface area contributed by atoms with Crippen molar-refractivity contribution in [2.75, 3.05) is 40.9 Å². The van der Waals surface area contributed by atoms with Crippen LogP contribution in [-0.2, 0) is 17.8 Å². The minimum Gasteiger partial charge on any atom is -0.395 e. The number of aliphatic hydroxyl groups is 1. The Kier molecular flexibility index (Phi) is 7.79. The van der Waals surface area contributed by atoms with Gasteiger partial charge in [-0.15, -0.1) is 0 Å². The zero-order valence-corrected chi connectivity index (χ0v) is 22.1. The summed E-state index contributed by atoms with van der Waals surface area (Å²) in [6.45, 7) is 1.51. The number of nitrogens with one attached hydrogen (secondary N) is 1. The van der Waals surface area contributed by atoms with E-state index in [2.05, 4.69) is 11.4 Å². The zero-order valence-electron chi connectivity index (χ0n) is 22.1. The lowest BCUT2D eigenvalue weighted by molar-refractivity contribution is -0.117. The molecule has 208 valence electrons. The summed E-state index contributed by atoms with van der Waals surface area (Å²) in [6.07, 6.45) is 2.86. The lowest BCUT2D eigenvalue weighted by atomic mass is 10.0. The van der Waals surface area contributed by atoms with E-state index in [1.165, 1.54) is 6.07 Å². The second-order valence-electron chi connectivity index (χ2n) is 9.93. The Bertz CT molecular complexity index is 1480. The van der Waals surface area contributed by atoms with Crippen LogP contribution in [0.3, 0.4) is 0 Å². The highest BCUT2D eigenvalue weighted by atomic mass is 19.2. The molecule has 2 heterocycles. The van der Waals surface area contributed by atoms with Crippen LogP contribution in [0.25, 0.3) is 0 Å². The molecule has 4 amide bonds. The largest absolute Gasteiger partial charge is 0.395 e. The van der Waals surface area contributed by atoms with Crippen molar-refractivity contribution in [3.63, 3.8) is 0 Å². The van der Waals surface area contributed by atoms with Crippen molar-refractivity contribution in [3.8, 4) is 0 Å². The first-order chi connectivity index (χ1) is 19.3. The highest BCUT2D eigenvalue weighted by Crippen LogP contribution is 2.37. The van der Waals surface area contributed by atoms with Crippen molar-refractivity contribution in [1.29, 1.82) is 0 Å². The van der Waals surface area contributed by atoms with E-state index in [0.29, 0.717) is 12.1 Å². The van der Waals surface area contributed by atoms with Crippen LogP contribution in [0, 0.1) is 18.6 Å². The number of hydrogen-bond donors (Lipinski definition) is 2. The number of β-amino-alcohol motifs (C(OH)–C–C–N with tert-alkyl or cyclic N) is 1. The molecule has 0 saturated heterocycles. The lowest BCUT2D eigenvalue weighted by Crippen LogP contribution is -2.52. The number of halogens is 2. The standard InChI is InChI=1S/C30H30F2N4O4/c1-19-16-21(29(39)35-13-5-4-7-20-6-2-3-8-24(20)35)9-10-22(19)17-33-30(40)36-18-26(38)34(14-15-37)25-12-11-23(31)27(32)28(25)36/h2-3,6,8-12,16,37H,4-5,7,13-15,17-18H2,1H3,(H,33,40). The molecule has 0 saturated carbocycles. The van der Waals surface area contributed by atoms with Gasteiger partial charge in [-0.2, -0.15) is 0 Å². The third-order valence-electron chi connectivity index (χ3n) is 7.40. The fourth-order valence-electron chi connectivity index (χ4n) is 5.31. The summed E-state index contributed by atoms with van der Waals surface area (Å²) in [5, 5.41) is 12.0. The summed E-state index contributed by atoms with van der Waals surface area (Å²) in [5.74, 6) is -3.03. The van der Waals surface area contributed by atoms with Gasteiger partial charge in [0.25, 0.3) is 5.91 Å². The zero-order chi connectivity index (χ0) is 28.4. The Morgan fingerprint density at radius 1 is 1.00 bits per heavy atom. The monoisotopic (exact) mass is 548 g/mol. The summed E-state index contributed by atoms with van der Waals surface area (Å²) < 4.78 is 28.9. The average Bonchev–Trinajstić information content (AvgIpc) is 3.17. The molecule has 0 atom stereocenters. The summed E-state index contributed by atoms with van der Waals surface area (Å²) >= 11 is 0. The number of aryl methyl sites for hydroxylation is 2. The first-order valence-corrected chi connectivity index (χ1v) is 13.2. The molecule has 40 heavy (non-hydrogen) atoms. The molecule has 0 aliphatic carbocycles. The fourth-order valence-corrected chi connectivity index (χ4v) is 5.31. The van der Waals surface area contributed by atoms with Gasteiger partial charge >= 0.3 is 6.03 Å². The molecular formula is C30H30F2N4O4. The maximum absolute atomic E-state index is 14.8. The normalized spacial score (nSPS) is 14.9. The van der Waals surface area contributed by atoms with Crippen LogP contribution in [0.15, 0.2) is 54.6 Å². The van der Waals surface area contributed by atoms with Crippen molar-refractivity contribution < 1.29 is 28.3 Å². The minimum atomic E-state index is -1.25. The van der Waals surface area contributed by atoms with E-state index in [9.17, 15) is 28.3 Å². The average molecular weight is 549 g/mol. The van der Waals surface area contributed by atoms with Gasteiger partial charge in [-0.1, -0.05) is 24.3 Å². The van der Waals surface area contributed by atoms with Gasteiger partial charge in [0.2, 0.25) is 5.91 Å². The van der Waals surface area contributed by atoms with Crippen LogP contribution < -0.4 is 20.0 Å². The number of carbonyl (C=O) groups is 3. The van der Waals surface area contributed by atoms with Crippen LogP contribution in [0.4, 0.5) is 30.6 Å². The number of para-hydroxylation sites is 1. The number of rotatable bonds is 5. The number of benzene rings is 3. The quantitative estimate of drug-likeness (QED) is 0.497. The summed E-state index contributed by atoms with van der Waals surface area (Å²) in [6, 6.07) is 14.5. The van der Waals surface area contributed by atoms with Gasteiger partial charge in [0, 0.05) is 30.9 Å². The van der Waals surface area contributed by atoms with Gasteiger partial charge in [0.15, 0.2) is 11.6 Å². The molecule has 0 fully saturated rings. The Balaban J connectivity index is 1.32. The van der Waals surface area contributed by atoms with E-state index < -0.39 is 30.1 Å². The van der Waals surface area contributed by atoms with E-state index >= 15 is 0 Å². The number of anilines is 3. The number of fused-ring (bicyclic) bond motifs is 2. The third-order valence-corrected chi connectivity index (χ3v) is 7.40. The molecule has 5 rings (SSSR count). The van der Waals surface area contributed by atoms with Crippen molar-refractivity contribution in [2.24, 2.45) is 0 Å². The van der Waals surface area contributed by atoms with E-state index in [4.69, 9.17) is 0 Å². The van der Waals surface area contributed by atoms with E-state index in [1.54, 1.807) is 18.2 Å². The van der Waals surface area contributed by atoms with Crippen LogP contribution in [0.5, 0.6) is 0 Å². The Morgan fingerprint density at radius 3 is 2.58 bits per heavy atom. The number of urea groups is 1. The van der Waals surface area contributed by atoms with Gasteiger partial charge in [0.05, 0.1) is 12.3 Å². The second-order valence-corrected chi connectivity index (χ2v) is 9.93. The molecule has 3 aromatic rings. The second kappa shape index (κ2) is 11.4. The molecule has 0 bridgehead atoms. The van der Waals surface area contributed by atoms with Gasteiger partial charge in [-0.25, -0.2) is 13.6 Å². The fraction of sp³-hybridized carbons (Fsp3) is 0.300. The molecule has 10 heteroatoms. The van der Waals surface area contributed by atoms with Gasteiger partial charge < -0.3 is 20.2 Å². The van der Waals surface area contributed by atoms with Crippen LogP contribution in [-0.4, -0.2) is 49.2 Å². The molecule has 0 unspecified atom stereocenters. The topological polar surface area (TPSA) is 93.2 Å². The Labute approximate surface area is 230 Å². The first-order valence-electron chi connectivity index (χ1n) is 13.2. The van der Waals surface area contributed by atoms with Crippen LogP contribution in [0.1, 0.15) is 39.9 Å². The Morgan fingerprint density at radius 2 is 1.80 bits per heavy atom. The van der Waals surface area contributed by atoms with E-state index in [-0.39, 0.29) is 37.0 Å². The van der Waals surface area contributed by atoms with Gasteiger partial charge in [0.1, 0.15) is 12.2 Å². The number of hydrogen-bond acceptors (Lipinski definition) is 4. The molecular weight excluding hydrogens is 518 g/mol. The molecule has 2 aliphatic rings. The summed E-state index contributed by atoms with van der Waals surface area (Å²) in [7, 11) is 0. The number of nitrogens with zero attached hydrogens (tertiary/aromatic N) is 3. The maximum atomic E-state index is 14.8. The molecule has 3 aromatic carbocycles.